The van der Waals surface area contributed by atoms with E-state index in [-0.39, 0.29) is 23.1 Å². The van der Waals surface area contributed by atoms with Crippen molar-refractivity contribution in [3.63, 3.8) is 0 Å². The number of hydrogen-bond acceptors (Lipinski definition) is 6. The van der Waals surface area contributed by atoms with Crippen molar-refractivity contribution in [2.24, 2.45) is 11.5 Å². The van der Waals surface area contributed by atoms with Crippen molar-refractivity contribution in [3.05, 3.63) is 71.6 Å². The van der Waals surface area contributed by atoms with Gasteiger partial charge in [-0.25, -0.2) is 0 Å². The third kappa shape index (κ3) is 4.92. The van der Waals surface area contributed by atoms with E-state index in [0.717, 1.165) is 6.41 Å². The Labute approximate surface area is 168 Å². The van der Waals surface area contributed by atoms with Gasteiger partial charge in [0.15, 0.2) is 0 Å². The van der Waals surface area contributed by atoms with Crippen LogP contribution in [0.3, 0.4) is 0 Å². The number of amides is 2. The Bertz CT molecular complexity index is 925. The molecule has 8 heteroatoms. The summed E-state index contributed by atoms with van der Waals surface area (Å²) in [7, 11) is 0. The van der Waals surface area contributed by atoms with Crippen molar-refractivity contribution < 1.29 is 14.3 Å². The van der Waals surface area contributed by atoms with Crippen LogP contribution in [0.4, 0.5) is 0 Å². The highest BCUT2D eigenvalue weighted by Gasteiger charge is 2.24. The second-order valence-electron chi connectivity index (χ2n) is 6.70. The molecule has 2 aromatic carbocycles. The van der Waals surface area contributed by atoms with Crippen molar-refractivity contribution in [3.8, 4) is 11.5 Å². The minimum absolute atomic E-state index is 0.0323. The fourth-order valence-corrected chi connectivity index (χ4v) is 3.14. The Morgan fingerprint density at radius 2 is 1.76 bits per heavy atom. The lowest BCUT2D eigenvalue weighted by molar-refractivity contribution is -0.117. The third-order valence-electron chi connectivity index (χ3n) is 4.62. The molecule has 0 aromatic heterocycles. The topological polar surface area (TPSA) is 135 Å². The molecule has 2 amide bonds. The molecule has 29 heavy (non-hydrogen) atoms. The lowest BCUT2D eigenvalue weighted by Gasteiger charge is -2.17. The van der Waals surface area contributed by atoms with Gasteiger partial charge in [0.05, 0.1) is 5.71 Å². The van der Waals surface area contributed by atoms with E-state index in [2.05, 4.69) is 5.32 Å². The Hall–Kier alpha value is -3.81. The van der Waals surface area contributed by atoms with Gasteiger partial charge < -0.3 is 26.4 Å². The molecule has 0 bridgehead atoms. The highest BCUT2D eigenvalue weighted by atomic mass is 16.5. The van der Waals surface area contributed by atoms with Crippen LogP contribution in [0.5, 0.6) is 11.5 Å². The second kappa shape index (κ2) is 8.92. The van der Waals surface area contributed by atoms with E-state index in [4.69, 9.17) is 21.6 Å². The molecule has 150 valence electrons. The standard InChI is InChI=1S/C21H23N5O3/c22-19(14-6-8-17(9-7-14)29-16-4-2-1-3-5-16)18(21(24)28)20(23)25-15-10-11-26(12-15)13-27/h1-9,13,15,22,25H,10-12,23H2,(H2,24,28)/b20-18+,22-19?. The first kappa shape index (κ1) is 19.9. The van der Waals surface area contributed by atoms with Gasteiger partial charge in [-0.05, 0) is 42.8 Å². The van der Waals surface area contributed by atoms with E-state index in [1.165, 1.54) is 0 Å². The summed E-state index contributed by atoms with van der Waals surface area (Å²) in [4.78, 5) is 24.4. The number of likely N-dealkylation sites (tertiary alicyclic amines) is 1. The van der Waals surface area contributed by atoms with Crippen LogP contribution in [-0.4, -0.2) is 42.1 Å². The molecule has 3 rings (SSSR count). The van der Waals surface area contributed by atoms with Crippen LogP contribution < -0.4 is 21.5 Å². The van der Waals surface area contributed by atoms with Crippen molar-refractivity contribution in [2.75, 3.05) is 13.1 Å². The second-order valence-corrected chi connectivity index (χ2v) is 6.70. The lowest BCUT2D eigenvalue weighted by Crippen LogP contribution is -2.38. The van der Waals surface area contributed by atoms with Crippen molar-refractivity contribution >= 4 is 18.0 Å². The fourth-order valence-electron chi connectivity index (χ4n) is 3.14. The summed E-state index contributed by atoms with van der Waals surface area (Å²) in [5.74, 6) is 0.533. The number of nitrogens with one attached hydrogen (secondary N) is 2. The molecule has 1 aliphatic heterocycles. The van der Waals surface area contributed by atoms with Gasteiger partial charge in [0, 0.05) is 24.7 Å². The van der Waals surface area contributed by atoms with Crippen LogP contribution in [0.15, 0.2) is 66.0 Å². The van der Waals surface area contributed by atoms with Gasteiger partial charge in [0.1, 0.15) is 22.9 Å². The van der Waals surface area contributed by atoms with Crippen LogP contribution in [-0.2, 0) is 9.59 Å². The van der Waals surface area contributed by atoms with Crippen molar-refractivity contribution in [1.82, 2.24) is 10.2 Å². The fraction of sp³-hybridized carbons (Fsp3) is 0.190. The molecular weight excluding hydrogens is 370 g/mol. The number of primary amides is 1. The molecule has 0 spiro atoms. The number of hydrogen-bond donors (Lipinski definition) is 4. The zero-order valence-corrected chi connectivity index (χ0v) is 15.8. The minimum Gasteiger partial charge on any atom is -0.457 e. The Balaban J connectivity index is 1.74. The zero-order valence-electron chi connectivity index (χ0n) is 15.8. The number of carbonyl (C=O) groups is 2. The van der Waals surface area contributed by atoms with Gasteiger partial charge in [-0.3, -0.25) is 15.0 Å². The van der Waals surface area contributed by atoms with Crippen molar-refractivity contribution in [1.29, 1.82) is 5.41 Å². The van der Waals surface area contributed by atoms with Crippen LogP contribution in [0.25, 0.3) is 0 Å². The number of ether oxygens (including phenoxy) is 1. The van der Waals surface area contributed by atoms with Crippen LogP contribution in [0.2, 0.25) is 0 Å². The lowest BCUT2D eigenvalue weighted by atomic mass is 10.0. The largest absolute Gasteiger partial charge is 0.457 e. The maximum absolute atomic E-state index is 12.0. The van der Waals surface area contributed by atoms with Gasteiger partial charge in [-0.1, -0.05) is 18.2 Å². The summed E-state index contributed by atoms with van der Waals surface area (Å²) in [6, 6.07) is 16.0. The number of para-hydroxylation sites is 1. The third-order valence-corrected chi connectivity index (χ3v) is 4.62. The van der Waals surface area contributed by atoms with Crippen molar-refractivity contribution in [2.45, 2.75) is 12.5 Å². The Kier molecular flexibility index (Phi) is 6.13. The van der Waals surface area contributed by atoms with Crippen LogP contribution >= 0.6 is 0 Å². The van der Waals surface area contributed by atoms with Crippen LogP contribution in [0, 0.1) is 5.41 Å². The van der Waals surface area contributed by atoms with Gasteiger partial charge >= 0.3 is 0 Å². The molecule has 2 aromatic rings. The van der Waals surface area contributed by atoms with Gasteiger partial charge in [0.2, 0.25) is 6.41 Å². The molecule has 6 N–H and O–H groups in total. The summed E-state index contributed by atoms with van der Waals surface area (Å²) in [5, 5.41) is 11.4. The molecular formula is C21H23N5O3. The first-order chi connectivity index (χ1) is 14.0. The number of nitrogens with zero attached hydrogens (tertiary/aromatic N) is 1. The first-order valence-corrected chi connectivity index (χ1v) is 9.15. The van der Waals surface area contributed by atoms with E-state index in [1.54, 1.807) is 29.2 Å². The average Bonchev–Trinajstić information content (AvgIpc) is 3.16. The SMILES string of the molecule is N=C(/C(C(N)=O)=C(/N)NC1CCN(C=O)C1)c1ccc(Oc2ccccc2)cc1. The normalized spacial score (nSPS) is 16.7. The van der Waals surface area contributed by atoms with Gasteiger partial charge in [-0.15, -0.1) is 0 Å². The molecule has 1 aliphatic rings. The predicted octanol–water partition coefficient (Wildman–Crippen LogP) is 1.32. The highest BCUT2D eigenvalue weighted by molar-refractivity contribution is 6.26. The predicted molar refractivity (Wildman–Crippen MR) is 109 cm³/mol. The number of benzene rings is 2. The van der Waals surface area contributed by atoms with E-state index in [9.17, 15) is 9.59 Å². The van der Waals surface area contributed by atoms with Gasteiger partial charge in [-0.2, -0.15) is 0 Å². The Morgan fingerprint density at radius 1 is 1.10 bits per heavy atom. The summed E-state index contributed by atoms with van der Waals surface area (Å²) >= 11 is 0. The minimum atomic E-state index is -0.796. The highest BCUT2D eigenvalue weighted by Crippen LogP contribution is 2.22. The van der Waals surface area contributed by atoms with E-state index in [0.29, 0.717) is 36.6 Å². The molecule has 0 radical (unpaired) electrons. The maximum Gasteiger partial charge on any atom is 0.254 e. The Morgan fingerprint density at radius 3 is 2.34 bits per heavy atom. The van der Waals surface area contributed by atoms with E-state index >= 15 is 0 Å². The average molecular weight is 393 g/mol. The molecule has 0 saturated carbocycles. The van der Waals surface area contributed by atoms with Gasteiger partial charge in [0.25, 0.3) is 5.91 Å². The number of carbonyl (C=O) groups excluding carboxylic acids is 2. The summed E-state index contributed by atoms with van der Waals surface area (Å²) in [6.45, 7) is 1.09. The molecule has 0 aliphatic carbocycles. The number of nitrogens with two attached hydrogens (primary N) is 2. The molecule has 1 unspecified atom stereocenters. The molecule has 1 saturated heterocycles. The molecule has 1 fully saturated rings. The molecule has 8 nitrogen and oxygen atoms in total. The van der Waals surface area contributed by atoms with E-state index < -0.39 is 5.91 Å². The van der Waals surface area contributed by atoms with Crippen LogP contribution in [0.1, 0.15) is 12.0 Å². The monoisotopic (exact) mass is 393 g/mol. The zero-order chi connectivity index (χ0) is 20.8. The molecule has 1 atom stereocenters. The first-order valence-electron chi connectivity index (χ1n) is 9.15. The summed E-state index contributed by atoms with van der Waals surface area (Å²) < 4.78 is 5.73. The van der Waals surface area contributed by atoms with E-state index in [1.807, 2.05) is 30.3 Å². The maximum atomic E-state index is 12.0. The molecule has 1 heterocycles. The summed E-state index contributed by atoms with van der Waals surface area (Å²) in [6.07, 6.45) is 1.47. The smallest absolute Gasteiger partial charge is 0.254 e. The number of rotatable bonds is 8. The summed E-state index contributed by atoms with van der Waals surface area (Å²) in [5.41, 5.74) is 11.8. The quantitative estimate of drug-likeness (QED) is 0.305.